The molecule has 82 valence electrons. The molecule has 1 aliphatic heterocycles. The van der Waals surface area contributed by atoms with Crippen LogP contribution < -0.4 is 5.32 Å². The summed E-state index contributed by atoms with van der Waals surface area (Å²) in [5, 5.41) is 3.47. The Bertz CT molecular complexity index is 177. The van der Waals surface area contributed by atoms with Crippen molar-refractivity contribution in [3.8, 4) is 0 Å². The van der Waals surface area contributed by atoms with Crippen molar-refractivity contribution in [2.45, 2.75) is 38.6 Å². The van der Waals surface area contributed by atoms with Gasteiger partial charge in [-0.05, 0) is 44.7 Å². The van der Waals surface area contributed by atoms with Crippen LogP contribution in [0, 0.1) is 11.8 Å². The maximum atomic E-state index is 3.47. The van der Waals surface area contributed by atoms with Crippen LogP contribution in [0.1, 0.15) is 32.6 Å². The maximum Gasteiger partial charge on any atom is 0.0117 e. The molecule has 14 heavy (non-hydrogen) atoms. The topological polar surface area (TPSA) is 15.3 Å². The number of piperidine rings is 1. The summed E-state index contributed by atoms with van der Waals surface area (Å²) in [6.07, 6.45) is 5.65. The lowest BCUT2D eigenvalue weighted by atomic mass is 9.90. The maximum absolute atomic E-state index is 3.47. The van der Waals surface area contributed by atoms with E-state index in [0.29, 0.717) is 0 Å². The molecule has 2 fully saturated rings. The van der Waals surface area contributed by atoms with Crippen LogP contribution in [0.3, 0.4) is 0 Å². The fraction of sp³-hybridized carbons (Fsp3) is 1.00. The van der Waals surface area contributed by atoms with Crippen LogP contribution in [0.25, 0.3) is 0 Å². The zero-order valence-electron chi connectivity index (χ0n) is 9.63. The van der Waals surface area contributed by atoms with Crippen LogP contribution in [-0.2, 0) is 0 Å². The zero-order chi connectivity index (χ0) is 9.97. The van der Waals surface area contributed by atoms with Crippen LogP contribution >= 0.6 is 0 Å². The van der Waals surface area contributed by atoms with Crippen LogP contribution in [0.2, 0.25) is 0 Å². The molecule has 1 saturated carbocycles. The smallest absolute Gasteiger partial charge is 0.0117 e. The summed E-state index contributed by atoms with van der Waals surface area (Å²) in [7, 11) is 2.11. The van der Waals surface area contributed by atoms with Crippen molar-refractivity contribution >= 4 is 0 Å². The fourth-order valence-electron chi connectivity index (χ4n) is 2.73. The van der Waals surface area contributed by atoms with Gasteiger partial charge in [-0.1, -0.05) is 13.3 Å². The first kappa shape index (κ1) is 10.4. The average Bonchev–Trinajstić information content (AvgIpc) is 3.01. The Morgan fingerprint density at radius 2 is 2.07 bits per heavy atom. The van der Waals surface area contributed by atoms with Crippen LogP contribution in [-0.4, -0.2) is 37.6 Å². The molecule has 1 saturated heterocycles. The molecule has 1 N–H and O–H groups in total. The van der Waals surface area contributed by atoms with Gasteiger partial charge in [0.15, 0.2) is 0 Å². The number of nitrogens with zero attached hydrogens (tertiary/aromatic N) is 1. The van der Waals surface area contributed by atoms with E-state index in [-0.39, 0.29) is 0 Å². The molecule has 1 aliphatic carbocycles. The van der Waals surface area contributed by atoms with Crippen LogP contribution in [0.5, 0.6) is 0 Å². The number of likely N-dealkylation sites (tertiary alicyclic amines) is 1. The Balaban J connectivity index is 1.80. The molecule has 2 rings (SSSR count). The highest BCUT2D eigenvalue weighted by atomic mass is 15.2. The molecule has 1 heterocycles. The predicted molar refractivity (Wildman–Crippen MR) is 60.4 cm³/mol. The summed E-state index contributed by atoms with van der Waals surface area (Å²) < 4.78 is 0. The quantitative estimate of drug-likeness (QED) is 0.736. The Morgan fingerprint density at radius 1 is 1.29 bits per heavy atom. The van der Waals surface area contributed by atoms with E-state index in [2.05, 4.69) is 24.2 Å². The molecule has 2 atom stereocenters. The third kappa shape index (κ3) is 2.48. The first-order valence-electron chi connectivity index (χ1n) is 6.23. The summed E-state index contributed by atoms with van der Waals surface area (Å²) in [5.41, 5.74) is 0. The highest BCUT2D eigenvalue weighted by Gasteiger charge is 2.30. The molecule has 0 aromatic heterocycles. The SMILES string of the molecule is CCC1CN(CC2CC2)CCC1NC. The van der Waals surface area contributed by atoms with Gasteiger partial charge in [0.05, 0.1) is 0 Å². The first-order chi connectivity index (χ1) is 6.83. The van der Waals surface area contributed by atoms with Gasteiger partial charge in [0, 0.05) is 19.1 Å². The summed E-state index contributed by atoms with van der Waals surface area (Å²) in [6.45, 7) is 6.36. The number of hydrogen-bond acceptors (Lipinski definition) is 2. The Labute approximate surface area is 88.1 Å². The number of hydrogen-bond donors (Lipinski definition) is 1. The fourth-order valence-corrected chi connectivity index (χ4v) is 2.73. The van der Waals surface area contributed by atoms with E-state index in [1.807, 2.05) is 0 Å². The van der Waals surface area contributed by atoms with Crippen molar-refractivity contribution in [3.05, 3.63) is 0 Å². The summed E-state index contributed by atoms with van der Waals surface area (Å²) in [6, 6.07) is 0.774. The largest absolute Gasteiger partial charge is 0.317 e. The van der Waals surface area contributed by atoms with Gasteiger partial charge in [-0.25, -0.2) is 0 Å². The second-order valence-corrected chi connectivity index (χ2v) is 5.06. The average molecular weight is 196 g/mol. The minimum atomic E-state index is 0.774. The van der Waals surface area contributed by atoms with Gasteiger partial charge in [-0.15, -0.1) is 0 Å². The highest BCUT2D eigenvalue weighted by Crippen LogP contribution is 2.31. The van der Waals surface area contributed by atoms with E-state index >= 15 is 0 Å². The molecule has 0 aromatic rings. The Hall–Kier alpha value is -0.0800. The molecule has 2 unspecified atom stereocenters. The first-order valence-corrected chi connectivity index (χ1v) is 6.23. The van der Waals surface area contributed by atoms with Crippen LogP contribution in [0.4, 0.5) is 0 Å². The lowest BCUT2D eigenvalue weighted by Gasteiger charge is -2.38. The summed E-state index contributed by atoms with van der Waals surface area (Å²) in [5.74, 6) is 1.94. The Kier molecular flexibility index (Phi) is 3.45. The van der Waals surface area contributed by atoms with Crippen molar-refractivity contribution in [3.63, 3.8) is 0 Å². The van der Waals surface area contributed by atoms with E-state index in [0.717, 1.165) is 17.9 Å². The summed E-state index contributed by atoms with van der Waals surface area (Å²) >= 11 is 0. The van der Waals surface area contributed by atoms with E-state index in [9.17, 15) is 0 Å². The van der Waals surface area contributed by atoms with Crippen molar-refractivity contribution < 1.29 is 0 Å². The molecule has 0 amide bonds. The van der Waals surface area contributed by atoms with Crippen molar-refractivity contribution in [2.24, 2.45) is 11.8 Å². The van der Waals surface area contributed by atoms with Gasteiger partial charge in [0.2, 0.25) is 0 Å². The van der Waals surface area contributed by atoms with Crippen LogP contribution in [0.15, 0.2) is 0 Å². The lowest BCUT2D eigenvalue weighted by Crippen LogP contribution is -2.48. The van der Waals surface area contributed by atoms with Gasteiger partial charge in [0.1, 0.15) is 0 Å². The number of rotatable bonds is 4. The molecular formula is C12H24N2. The minimum Gasteiger partial charge on any atom is -0.317 e. The molecule has 0 spiro atoms. The standard InChI is InChI=1S/C12H24N2/c1-3-11-9-14(8-10-4-5-10)7-6-12(11)13-2/h10-13H,3-9H2,1-2H3. The van der Waals surface area contributed by atoms with Gasteiger partial charge in [-0.3, -0.25) is 0 Å². The third-order valence-electron chi connectivity index (χ3n) is 3.93. The van der Waals surface area contributed by atoms with E-state index in [4.69, 9.17) is 0 Å². The highest BCUT2D eigenvalue weighted by molar-refractivity contribution is 4.86. The molecule has 2 heteroatoms. The van der Waals surface area contributed by atoms with Crippen molar-refractivity contribution in [1.29, 1.82) is 0 Å². The molecule has 2 nitrogen and oxygen atoms in total. The van der Waals surface area contributed by atoms with E-state index < -0.39 is 0 Å². The minimum absolute atomic E-state index is 0.774. The van der Waals surface area contributed by atoms with Gasteiger partial charge < -0.3 is 10.2 Å². The van der Waals surface area contributed by atoms with E-state index in [1.165, 1.54) is 45.3 Å². The zero-order valence-corrected chi connectivity index (χ0v) is 9.63. The third-order valence-corrected chi connectivity index (χ3v) is 3.93. The van der Waals surface area contributed by atoms with Crippen molar-refractivity contribution in [2.75, 3.05) is 26.7 Å². The second-order valence-electron chi connectivity index (χ2n) is 5.06. The second kappa shape index (κ2) is 4.63. The lowest BCUT2D eigenvalue weighted by molar-refractivity contribution is 0.134. The molecule has 0 bridgehead atoms. The normalized spacial score (nSPS) is 34.7. The van der Waals surface area contributed by atoms with Gasteiger partial charge in [0.25, 0.3) is 0 Å². The predicted octanol–water partition coefficient (Wildman–Crippen LogP) is 1.72. The van der Waals surface area contributed by atoms with Gasteiger partial charge in [-0.2, -0.15) is 0 Å². The molecule has 2 aliphatic rings. The summed E-state index contributed by atoms with van der Waals surface area (Å²) in [4.78, 5) is 2.69. The Morgan fingerprint density at radius 3 is 2.64 bits per heavy atom. The monoisotopic (exact) mass is 196 g/mol. The van der Waals surface area contributed by atoms with Crippen molar-refractivity contribution in [1.82, 2.24) is 10.2 Å². The molecule has 0 radical (unpaired) electrons. The number of nitrogens with one attached hydrogen (secondary N) is 1. The molecule has 0 aromatic carbocycles. The van der Waals surface area contributed by atoms with E-state index in [1.54, 1.807) is 0 Å². The molecular weight excluding hydrogens is 172 g/mol. The van der Waals surface area contributed by atoms with Gasteiger partial charge >= 0.3 is 0 Å².